The minimum atomic E-state index is -5.08. The molecule has 0 fully saturated rings. The average Bonchev–Trinajstić information content (AvgIpc) is 3.05. The van der Waals surface area contributed by atoms with E-state index < -0.39 is 30.0 Å². The number of nitrogens with zero attached hydrogens (tertiary/aromatic N) is 3. The normalized spacial score (nSPS) is 11.5. The zero-order valence-corrected chi connectivity index (χ0v) is 27.3. The van der Waals surface area contributed by atoms with E-state index in [1.165, 1.54) is 4.90 Å². The molecule has 12 nitrogen and oxygen atoms in total. The lowest BCUT2D eigenvalue weighted by atomic mass is 9.89. The monoisotopic (exact) mass is 685 g/mol. The van der Waals surface area contributed by atoms with Crippen LogP contribution in [0.4, 0.5) is 13.2 Å². The number of amides is 3. The lowest BCUT2D eigenvalue weighted by Crippen LogP contribution is -2.49. The number of halogens is 3. The topological polar surface area (TPSA) is 197 Å². The van der Waals surface area contributed by atoms with Gasteiger partial charge in [-0.15, -0.1) is 0 Å². The number of alkyl halides is 3. The third kappa shape index (κ3) is 13.7. The summed E-state index contributed by atoms with van der Waals surface area (Å²) >= 11 is 0. The van der Waals surface area contributed by atoms with Crippen LogP contribution in [0.15, 0.2) is 89.9 Å². The first-order valence-electron chi connectivity index (χ1n) is 15.2. The smallest absolute Gasteiger partial charge is 0.475 e. The number of hydrogen-bond donors (Lipinski definition) is 5. The second-order valence-corrected chi connectivity index (χ2v) is 11.1. The van der Waals surface area contributed by atoms with Gasteiger partial charge in [0.2, 0.25) is 17.7 Å². The third-order valence-electron chi connectivity index (χ3n) is 7.15. The largest absolute Gasteiger partial charge is 0.490 e. The second kappa shape index (κ2) is 19.4. The molecule has 8 N–H and O–H groups in total. The Kier molecular flexibility index (Phi) is 15.7. The number of likely N-dealkylation sites (N-methyl/N-ethyl adjacent to an activating group) is 1. The number of rotatable bonds is 15. The summed E-state index contributed by atoms with van der Waals surface area (Å²) in [7, 11) is 3.43. The fraction of sp³-hybridized carbons (Fsp3) is 0.324. The maximum atomic E-state index is 14.5. The molecule has 0 bridgehead atoms. The van der Waals surface area contributed by atoms with E-state index in [9.17, 15) is 27.6 Å². The van der Waals surface area contributed by atoms with Crippen molar-refractivity contribution in [2.45, 2.75) is 44.1 Å². The minimum Gasteiger partial charge on any atom is -0.475 e. The molecule has 264 valence electrons. The highest BCUT2D eigenvalue weighted by Crippen LogP contribution is 2.29. The van der Waals surface area contributed by atoms with Gasteiger partial charge in [-0.25, -0.2) is 4.79 Å². The van der Waals surface area contributed by atoms with Crippen LogP contribution >= 0.6 is 0 Å². The van der Waals surface area contributed by atoms with E-state index in [2.05, 4.69) is 10.3 Å². The summed E-state index contributed by atoms with van der Waals surface area (Å²) in [5, 5.41) is 10.3. The van der Waals surface area contributed by atoms with E-state index in [0.29, 0.717) is 25.9 Å². The molecule has 3 amide bonds. The number of guanidine groups is 1. The lowest BCUT2D eigenvalue weighted by molar-refractivity contribution is -0.192. The summed E-state index contributed by atoms with van der Waals surface area (Å²) in [5.41, 5.74) is 20.3. The first-order chi connectivity index (χ1) is 23.1. The molecule has 0 saturated carbocycles. The molecule has 0 heterocycles. The summed E-state index contributed by atoms with van der Waals surface area (Å²) in [4.78, 5) is 55.2. The summed E-state index contributed by atoms with van der Waals surface area (Å²) in [6.45, 7) is 1.24. The minimum absolute atomic E-state index is 0.00973. The highest BCUT2D eigenvalue weighted by molar-refractivity contribution is 5.92. The number of nitrogens with one attached hydrogen (secondary N) is 1. The van der Waals surface area contributed by atoms with Crippen LogP contribution < -0.4 is 22.5 Å². The Bertz CT molecular complexity index is 1490. The van der Waals surface area contributed by atoms with Gasteiger partial charge in [0.25, 0.3) is 0 Å². The summed E-state index contributed by atoms with van der Waals surface area (Å²) in [6, 6.07) is 25.9. The van der Waals surface area contributed by atoms with E-state index in [1.807, 2.05) is 84.9 Å². The first kappa shape index (κ1) is 39.7. The Balaban J connectivity index is 0.00000107. The molecule has 15 heteroatoms. The highest BCUT2D eigenvalue weighted by atomic mass is 19.4. The Hall–Kier alpha value is -5.44. The Morgan fingerprint density at radius 1 is 0.837 bits per heavy atom. The van der Waals surface area contributed by atoms with Crippen molar-refractivity contribution in [2.75, 3.05) is 27.2 Å². The number of primary amides is 1. The summed E-state index contributed by atoms with van der Waals surface area (Å²) in [6.07, 6.45) is -4.32. The molecule has 0 radical (unpaired) electrons. The van der Waals surface area contributed by atoms with Crippen molar-refractivity contribution in [3.63, 3.8) is 0 Å². The molecule has 49 heavy (non-hydrogen) atoms. The van der Waals surface area contributed by atoms with Crippen molar-refractivity contribution in [2.24, 2.45) is 22.2 Å². The highest BCUT2D eigenvalue weighted by Gasteiger charge is 2.38. The number of carbonyl (C=O) groups excluding carboxylic acids is 3. The molecule has 0 spiro atoms. The quantitative estimate of drug-likeness (QED) is 0.0914. The van der Waals surface area contributed by atoms with Crippen molar-refractivity contribution in [3.05, 3.63) is 107 Å². The first-order valence-corrected chi connectivity index (χ1v) is 15.2. The molecule has 0 saturated heterocycles. The zero-order chi connectivity index (χ0) is 36.6. The summed E-state index contributed by atoms with van der Waals surface area (Å²) < 4.78 is 31.7. The van der Waals surface area contributed by atoms with Gasteiger partial charge in [-0.3, -0.25) is 19.4 Å². The van der Waals surface area contributed by atoms with E-state index in [4.69, 9.17) is 27.1 Å². The lowest BCUT2D eigenvalue weighted by Gasteiger charge is -2.33. The molecule has 0 aliphatic carbocycles. The van der Waals surface area contributed by atoms with Crippen LogP contribution in [-0.4, -0.2) is 84.0 Å². The van der Waals surface area contributed by atoms with Gasteiger partial charge in [0.05, 0.1) is 12.5 Å². The van der Waals surface area contributed by atoms with Gasteiger partial charge < -0.3 is 37.4 Å². The number of carboxylic acids is 1. The Labute approximate surface area is 282 Å². The summed E-state index contributed by atoms with van der Waals surface area (Å²) in [5.74, 6) is -4.26. The Morgan fingerprint density at radius 3 is 1.76 bits per heavy atom. The SMILES string of the molecule is CN(C)C(=O)CNCc1ccc(CN(C(=O)C(c2ccccc2)c2ccccc2)[C@H](CCCN=C(N)N)C(N)=O)cc1.O=C(O)C(F)(F)F. The molecular weight excluding hydrogens is 643 g/mol. The number of hydrogen-bond acceptors (Lipinski definition) is 6. The van der Waals surface area contributed by atoms with E-state index in [-0.39, 0.29) is 30.9 Å². The van der Waals surface area contributed by atoms with Gasteiger partial charge >= 0.3 is 12.1 Å². The van der Waals surface area contributed by atoms with Gasteiger partial charge in [0.1, 0.15) is 6.04 Å². The van der Waals surface area contributed by atoms with Crippen LogP contribution in [0.5, 0.6) is 0 Å². The number of aliphatic carboxylic acids is 1. The van der Waals surface area contributed by atoms with Gasteiger partial charge in [0.15, 0.2) is 5.96 Å². The molecule has 3 aromatic carbocycles. The average molecular weight is 686 g/mol. The maximum absolute atomic E-state index is 14.5. The molecular formula is C34H42F3N7O5. The van der Waals surface area contributed by atoms with Gasteiger partial charge in [-0.2, -0.15) is 13.2 Å². The third-order valence-corrected chi connectivity index (χ3v) is 7.15. The predicted molar refractivity (Wildman–Crippen MR) is 179 cm³/mol. The predicted octanol–water partition coefficient (Wildman–Crippen LogP) is 2.57. The van der Waals surface area contributed by atoms with Gasteiger partial charge in [-0.1, -0.05) is 84.9 Å². The fourth-order valence-corrected chi connectivity index (χ4v) is 4.65. The van der Waals surface area contributed by atoms with Crippen LogP contribution in [0.25, 0.3) is 0 Å². The molecule has 0 aliphatic heterocycles. The number of nitrogens with two attached hydrogens (primary N) is 3. The van der Waals surface area contributed by atoms with E-state index in [0.717, 1.165) is 22.3 Å². The zero-order valence-electron chi connectivity index (χ0n) is 27.3. The van der Waals surface area contributed by atoms with E-state index in [1.54, 1.807) is 19.0 Å². The number of carboxylic acid groups (broad SMARTS) is 1. The fourth-order valence-electron chi connectivity index (χ4n) is 4.65. The van der Waals surface area contributed by atoms with Crippen LogP contribution in [0.1, 0.15) is 41.0 Å². The Morgan fingerprint density at radius 2 is 1.33 bits per heavy atom. The second-order valence-electron chi connectivity index (χ2n) is 11.1. The molecule has 0 aliphatic rings. The van der Waals surface area contributed by atoms with Crippen LogP contribution in [0.2, 0.25) is 0 Å². The molecule has 3 aromatic rings. The number of aliphatic imine (C=N–C) groups is 1. The van der Waals surface area contributed by atoms with Crippen molar-refractivity contribution in [1.29, 1.82) is 0 Å². The maximum Gasteiger partial charge on any atom is 0.490 e. The van der Waals surface area contributed by atoms with Crippen LogP contribution in [0.3, 0.4) is 0 Å². The van der Waals surface area contributed by atoms with Gasteiger partial charge in [-0.05, 0) is 35.1 Å². The molecule has 0 aromatic heterocycles. The molecule has 1 atom stereocenters. The van der Waals surface area contributed by atoms with Crippen molar-refractivity contribution >= 4 is 29.7 Å². The number of carbonyl (C=O) groups is 4. The van der Waals surface area contributed by atoms with Gasteiger partial charge in [0, 0.05) is 33.7 Å². The van der Waals surface area contributed by atoms with E-state index >= 15 is 0 Å². The van der Waals surface area contributed by atoms with Crippen LogP contribution in [0, 0.1) is 0 Å². The molecule has 3 rings (SSSR count). The molecule has 0 unspecified atom stereocenters. The van der Waals surface area contributed by atoms with Crippen molar-refractivity contribution in [3.8, 4) is 0 Å². The number of benzene rings is 3. The van der Waals surface area contributed by atoms with Crippen LogP contribution in [-0.2, 0) is 32.3 Å². The van der Waals surface area contributed by atoms with Crippen molar-refractivity contribution in [1.82, 2.24) is 15.1 Å². The van der Waals surface area contributed by atoms with Crippen molar-refractivity contribution < 1.29 is 37.5 Å². The standard InChI is InChI=1S/C32H41N7O3.C2HF3O2/c1-38(2)28(40)21-36-20-23-15-17-24(18-16-23)22-39(27(30(33)41)14-9-19-37-32(34)35)31(42)29(25-10-5-3-6-11-25)26-12-7-4-8-13-26;3-2(4,5)1(6)7/h3-8,10-13,15-18,27,29,36H,9,14,19-22H2,1-2H3,(H2,33,41)(H4,34,35,37);(H,6,7)/t27-;/m1./s1.